The molecule has 1 N–H and O–H groups in total. The number of nitrogens with one attached hydrogen (secondary N) is 1. The molecule has 0 spiro atoms. The number of hydrogen-bond acceptors (Lipinski definition) is 2. The standard InChI is InChI=1S/C11H13NOS/c1-8-6-11(13)12-9-4-2-3-5-10(9)14-7-8/h2-5,8H,6-7H2,1H3,(H,12,13). The lowest BCUT2D eigenvalue weighted by molar-refractivity contribution is -0.116. The van der Waals surface area contributed by atoms with E-state index in [1.54, 1.807) is 0 Å². The molecule has 0 bridgehead atoms. The highest BCUT2D eigenvalue weighted by Crippen LogP contribution is 2.31. The summed E-state index contributed by atoms with van der Waals surface area (Å²) >= 11 is 1.82. The Morgan fingerprint density at radius 1 is 1.43 bits per heavy atom. The van der Waals surface area contributed by atoms with Gasteiger partial charge in [0.1, 0.15) is 0 Å². The molecule has 1 amide bonds. The average molecular weight is 207 g/mol. The predicted molar refractivity (Wildman–Crippen MR) is 59.6 cm³/mol. The first-order chi connectivity index (χ1) is 6.75. The van der Waals surface area contributed by atoms with Crippen molar-refractivity contribution in [2.45, 2.75) is 18.2 Å². The van der Waals surface area contributed by atoms with Crippen molar-refractivity contribution >= 4 is 23.4 Å². The molecule has 0 radical (unpaired) electrons. The Kier molecular flexibility index (Phi) is 2.77. The number of amides is 1. The predicted octanol–water partition coefficient (Wildman–Crippen LogP) is 2.76. The van der Waals surface area contributed by atoms with Crippen molar-refractivity contribution in [3.8, 4) is 0 Å². The molecular formula is C11H13NOS. The van der Waals surface area contributed by atoms with E-state index in [4.69, 9.17) is 0 Å². The van der Waals surface area contributed by atoms with Gasteiger partial charge in [0, 0.05) is 17.1 Å². The molecular weight excluding hydrogens is 194 g/mol. The second kappa shape index (κ2) is 4.05. The van der Waals surface area contributed by atoms with Crippen LogP contribution in [0, 0.1) is 5.92 Å². The number of para-hydroxylation sites is 1. The van der Waals surface area contributed by atoms with Crippen molar-refractivity contribution in [1.82, 2.24) is 0 Å². The molecule has 1 aliphatic heterocycles. The lowest BCUT2D eigenvalue weighted by Gasteiger charge is -2.17. The number of carbonyl (C=O) groups excluding carboxylic acids is 1. The van der Waals surface area contributed by atoms with E-state index in [2.05, 4.69) is 18.3 Å². The summed E-state index contributed by atoms with van der Waals surface area (Å²) < 4.78 is 0. The monoisotopic (exact) mass is 207 g/mol. The fourth-order valence-electron chi connectivity index (χ4n) is 1.50. The number of fused-ring (bicyclic) bond motifs is 1. The molecule has 2 rings (SSSR count). The summed E-state index contributed by atoms with van der Waals surface area (Å²) in [4.78, 5) is 12.7. The molecule has 0 aromatic heterocycles. The molecule has 1 aromatic carbocycles. The van der Waals surface area contributed by atoms with Gasteiger partial charge >= 0.3 is 0 Å². The van der Waals surface area contributed by atoms with E-state index in [0.29, 0.717) is 12.3 Å². The van der Waals surface area contributed by atoms with Crippen molar-refractivity contribution in [1.29, 1.82) is 0 Å². The molecule has 0 saturated heterocycles. The number of hydrogen-bond donors (Lipinski definition) is 1. The van der Waals surface area contributed by atoms with E-state index in [9.17, 15) is 4.79 Å². The van der Waals surface area contributed by atoms with Crippen LogP contribution in [0.25, 0.3) is 0 Å². The summed E-state index contributed by atoms with van der Waals surface area (Å²) in [6.45, 7) is 2.11. The third kappa shape index (κ3) is 2.10. The molecule has 1 aliphatic rings. The van der Waals surface area contributed by atoms with Gasteiger partial charge in [-0.1, -0.05) is 19.1 Å². The highest BCUT2D eigenvalue weighted by molar-refractivity contribution is 7.99. The Balaban J connectivity index is 2.28. The van der Waals surface area contributed by atoms with Crippen LogP contribution in [0.15, 0.2) is 29.2 Å². The van der Waals surface area contributed by atoms with Crippen LogP contribution in [-0.4, -0.2) is 11.7 Å². The highest BCUT2D eigenvalue weighted by Gasteiger charge is 2.15. The SMILES string of the molecule is CC1CSc2ccccc2NC(=O)C1. The molecule has 1 heterocycles. The van der Waals surface area contributed by atoms with Crippen LogP contribution in [-0.2, 0) is 4.79 Å². The van der Waals surface area contributed by atoms with Crippen molar-refractivity contribution < 1.29 is 4.79 Å². The van der Waals surface area contributed by atoms with Gasteiger partial charge in [0.25, 0.3) is 0 Å². The lowest BCUT2D eigenvalue weighted by atomic mass is 10.1. The van der Waals surface area contributed by atoms with E-state index in [1.165, 1.54) is 4.90 Å². The minimum Gasteiger partial charge on any atom is -0.325 e. The first-order valence-electron chi connectivity index (χ1n) is 4.77. The van der Waals surface area contributed by atoms with Crippen LogP contribution in [0.5, 0.6) is 0 Å². The summed E-state index contributed by atoms with van der Waals surface area (Å²) in [5, 5.41) is 2.93. The second-order valence-corrected chi connectivity index (χ2v) is 4.73. The Hall–Kier alpha value is -0.960. The van der Waals surface area contributed by atoms with E-state index < -0.39 is 0 Å². The fraction of sp³-hybridized carbons (Fsp3) is 0.364. The lowest BCUT2D eigenvalue weighted by Crippen LogP contribution is -2.18. The van der Waals surface area contributed by atoms with Gasteiger partial charge < -0.3 is 5.32 Å². The van der Waals surface area contributed by atoms with Gasteiger partial charge in [-0.05, 0) is 18.1 Å². The Labute approximate surface area is 88.1 Å². The zero-order chi connectivity index (χ0) is 9.97. The van der Waals surface area contributed by atoms with Crippen LogP contribution in [0.2, 0.25) is 0 Å². The first kappa shape index (κ1) is 9.59. The number of carbonyl (C=O) groups is 1. The van der Waals surface area contributed by atoms with E-state index >= 15 is 0 Å². The molecule has 3 heteroatoms. The van der Waals surface area contributed by atoms with Gasteiger partial charge in [0.15, 0.2) is 0 Å². The summed E-state index contributed by atoms with van der Waals surface area (Å²) in [7, 11) is 0. The quantitative estimate of drug-likeness (QED) is 0.708. The Bertz CT molecular complexity index is 351. The van der Waals surface area contributed by atoms with Crippen molar-refractivity contribution in [3.05, 3.63) is 24.3 Å². The largest absolute Gasteiger partial charge is 0.325 e. The molecule has 0 aliphatic carbocycles. The van der Waals surface area contributed by atoms with E-state index in [-0.39, 0.29) is 5.91 Å². The van der Waals surface area contributed by atoms with Crippen molar-refractivity contribution in [2.75, 3.05) is 11.1 Å². The first-order valence-corrected chi connectivity index (χ1v) is 5.76. The molecule has 1 aromatic rings. The minimum atomic E-state index is 0.130. The molecule has 74 valence electrons. The van der Waals surface area contributed by atoms with Gasteiger partial charge in [-0.25, -0.2) is 0 Å². The normalized spacial score (nSPS) is 21.8. The Morgan fingerprint density at radius 3 is 3.07 bits per heavy atom. The molecule has 14 heavy (non-hydrogen) atoms. The van der Waals surface area contributed by atoms with E-state index in [1.807, 2.05) is 30.0 Å². The number of benzene rings is 1. The summed E-state index contributed by atoms with van der Waals surface area (Å²) in [6, 6.07) is 7.96. The van der Waals surface area contributed by atoms with Gasteiger partial charge in [0.2, 0.25) is 5.91 Å². The van der Waals surface area contributed by atoms with E-state index in [0.717, 1.165) is 11.4 Å². The number of thioether (sulfide) groups is 1. The Morgan fingerprint density at radius 2 is 2.21 bits per heavy atom. The zero-order valence-corrected chi connectivity index (χ0v) is 8.93. The summed E-state index contributed by atoms with van der Waals surface area (Å²) in [6.07, 6.45) is 0.626. The van der Waals surface area contributed by atoms with Gasteiger partial charge in [-0.15, -0.1) is 11.8 Å². The van der Waals surface area contributed by atoms with Crippen LogP contribution in [0.4, 0.5) is 5.69 Å². The number of anilines is 1. The average Bonchev–Trinajstić information content (AvgIpc) is 2.14. The van der Waals surface area contributed by atoms with Gasteiger partial charge in [-0.2, -0.15) is 0 Å². The molecule has 0 fully saturated rings. The number of rotatable bonds is 0. The molecule has 1 unspecified atom stereocenters. The molecule has 2 nitrogen and oxygen atoms in total. The van der Waals surface area contributed by atoms with Crippen molar-refractivity contribution in [2.24, 2.45) is 5.92 Å². The highest BCUT2D eigenvalue weighted by atomic mass is 32.2. The third-order valence-electron chi connectivity index (χ3n) is 2.22. The third-order valence-corrected chi connectivity index (χ3v) is 3.62. The maximum atomic E-state index is 11.5. The van der Waals surface area contributed by atoms with Crippen LogP contribution in [0.1, 0.15) is 13.3 Å². The maximum Gasteiger partial charge on any atom is 0.224 e. The fourth-order valence-corrected chi connectivity index (χ4v) is 2.54. The minimum absolute atomic E-state index is 0.130. The van der Waals surface area contributed by atoms with Crippen LogP contribution in [0.3, 0.4) is 0 Å². The molecule has 0 saturated carbocycles. The smallest absolute Gasteiger partial charge is 0.224 e. The molecule has 1 atom stereocenters. The summed E-state index contributed by atoms with van der Waals surface area (Å²) in [5.74, 6) is 1.60. The van der Waals surface area contributed by atoms with Crippen molar-refractivity contribution in [3.63, 3.8) is 0 Å². The zero-order valence-electron chi connectivity index (χ0n) is 8.12. The van der Waals surface area contributed by atoms with Gasteiger partial charge in [-0.3, -0.25) is 4.79 Å². The maximum absolute atomic E-state index is 11.5. The second-order valence-electron chi connectivity index (χ2n) is 3.66. The van der Waals surface area contributed by atoms with Gasteiger partial charge in [0.05, 0.1) is 5.69 Å². The topological polar surface area (TPSA) is 29.1 Å². The van der Waals surface area contributed by atoms with Crippen LogP contribution >= 0.6 is 11.8 Å². The summed E-state index contributed by atoms with van der Waals surface area (Å²) in [5.41, 5.74) is 0.953. The van der Waals surface area contributed by atoms with Crippen LogP contribution < -0.4 is 5.32 Å².